The van der Waals surface area contributed by atoms with Crippen molar-refractivity contribution in [2.24, 2.45) is 0 Å². The summed E-state index contributed by atoms with van der Waals surface area (Å²) in [6, 6.07) is 0.0584. The van der Waals surface area contributed by atoms with Crippen molar-refractivity contribution in [3.63, 3.8) is 0 Å². The molecule has 0 bridgehead atoms. The number of esters is 1. The zero-order valence-corrected chi connectivity index (χ0v) is 14.9. The maximum Gasteiger partial charge on any atom is 0.350 e. The molecule has 0 saturated heterocycles. The van der Waals surface area contributed by atoms with Gasteiger partial charge in [0, 0.05) is 24.9 Å². The third-order valence-electron chi connectivity index (χ3n) is 3.49. The van der Waals surface area contributed by atoms with Gasteiger partial charge in [0.05, 0.1) is 18.6 Å². The van der Waals surface area contributed by atoms with Gasteiger partial charge in [-0.15, -0.1) is 0 Å². The van der Waals surface area contributed by atoms with Crippen LogP contribution in [0.1, 0.15) is 54.5 Å². The van der Waals surface area contributed by atoms with Crippen LogP contribution >= 0.6 is 11.3 Å². The predicted molar refractivity (Wildman–Crippen MR) is 92.2 cm³/mol. The molecule has 1 N–H and O–H groups in total. The van der Waals surface area contributed by atoms with Gasteiger partial charge in [-0.05, 0) is 20.3 Å². The van der Waals surface area contributed by atoms with Crippen molar-refractivity contribution in [3.05, 3.63) is 29.3 Å². The normalized spacial score (nSPS) is 12.0. The molecule has 24 heavy (non-hydrogen) atoms. The number of nitrogens with one attached hydrogen (secondary N) is 1. The van der Waals surface area contributed by atoms with E-state index in [4.69, 9.17) is 4.74 Å². The van der Waals surface area contributed by atoms with Crippen LogP contribution in [0.25, 0.3) is 0 Å². The highest BCUT2D eigenvalue weighted by Crippen LogP contribution is 2.25. The molecular weight excluding hydrogens is 328 g/mol. The van der Waals surface area contributed by atoms with Gasteiger partial charge in [-0.3, -0.25) is 4.79 Å². The number of nitrogens with zero attached hydrogens (tertiary/aromatic N) is 3. The summed E-state index contributed by atoms with van der Waals surface area (Å²) in [7, 11) is 0. The monoisotopic (exact) mass is 350 g/mol. The van der Waals surface area contributed by atoms with Crippen molar-refractivity contribution >= 4 is 28.3 Å². The Hall–Kier alpha value is -2.22. The lowest BCUT2D eigenvalue weighted by Crippen LogP contribution is -2.18. The molecule has 0 aliphatic carbocycles. The molecule has 2 heterocycles. The summed E-state index contributed by atoms with van der Waals surface area (Å²) < 4.78 is 6.93. The molecule has 2 aromatic heterocycles. The molecule has 0 spiro atoms. The number of thiazole rings is 1. The lowest BCUT2D eigenvalue weighted by molar-refractivity contribution is -0.117. The highest BCUT2D eigenvalue weighted by atomic mass is 32.1. The van der Waals surface area contributed by atoms with Crippen molar-refractivity contribution in [1.82, 2.24) is 14.5 Å². The van der Waals surface area contributed by atoms with Crippen LogP contribution in [0.3, 0.4) is 0 Å². The number of imidazole rings is 1. The Bertz CT molecular complexity index is 682. The molecule has 8 heteroatoms. The molecule has 2 rings (SSSR count). The minimum Gasteiger partial charge on any atom is -0.462 e. The van der Waals surface area contributed by atoms with E-state index in [1.165, 1.54) is 0 Å². The molecular formula is C16H22N4O3S. The molecule has 0 unspecified atom stereocenters. The molecule has 2 aromatic rings. The zero-order valence-electron chi connectivity index (χ0n) is 14.1. The largest absolute Gasteiger partial charge is 0.462 e. The number of ether oxygens (including phenoxy) is 1. The van der Waals surface area contributed by atoms with E-state index in [0.717, 1.165) is 24.2 Å². The van der Waals surface area contributed by atoms with Crippen molar-refractivity contribution < 1.29 is 14.3 Å². The van der Waals surface area contributed by atoms with Crippen molar-refractivity contribution in [2.45, 2.75) is 46.1 Å². The first-order valence-electron chi connectivity index (χ1n) is 7.97. The molecule has 0 aromatic carbocycles. The molecule has 7 nitrogen and oxygen atoms in total. The standard InChI is InChI=1S/C16H22N4O3S/c1-4-6-12(20-8-7-17-10-20)9-13(21)19-16-18-11(3)14(24-16)15(22)23-5-2/h7-8,10,12H,4-6,9H2,1-3H3,(H,18,19,21)/t12-/m0/s1. The zero-order chi connectivity index (χ0) is 17.5. The van der Waals surface area contributed by atoms with Gasteiger partial charge >= 0.3 is 5.97 Å². The van der Waals surface area contributed by atoms with E-state index in [0.29, 0.717) is 28.7 Å². The van der Waals surface area contributed by atoms with E-state index in [1.54, 1.807) is 26.4 Å². The van der Waals surface area contributed by atoms with Gasteiger partial charge in [0.1, 0.15) is 4.88 Å². The lowest BCUT2D eigenvalue weighted by Gasteiger charge is -2.16. The molecule has 0 fully saturated rings. The average Bonchev–Trinajstić information content (AvgIpc) is 3.17. The van der Waals surface area contributed by atoms with Gasteiger partial charge in [-0.1, -0.05) is 24.7 Å². The number of aryl methyl sites for hydroxylation is 1. The number of rotatable bonds is 8. The molecule has 0 saturated carbocycles. The summed E-state index contributed by atoms with van der Waals surface area (Å²) >= 11 is 1.14. The maximum atomic E-state index is 12.3. The van der Waals surface area contributed by atoms with E-state index < -0.39 is 5.97 Å². The van der Waals surface area contributed by atoms with Crippen LogP contribution in [0.2, 0.25) is 0 Å². The van der Waals surface area contributed by atoms with E-state index in [9.17, 15) is 9.59 Å². The summed E-state index contributed by atoms with van der Waals surface area (Å²) in [6.45, 7) is 5.86. The number of hydrogen-bond acceptors (Lipinski definition) is 6. The van der Waals surface area contributed by atoms with Gasteiger partial charge in [0.2, 0.25) is 5.91 Å². The van der Waals surface area contributed by atoms with Crippen LogP contribution in [0.5, 0.6) is 0 Å². The Morgan fingerprint density at radius 1 is 1.42 bits per heavy atom. The minimum absolute atomic E-state index is 0.0584. The van der Waals surface area contributed by atoms with E-state index in [2.05, 4.69) is 22.2 Å². The summed E-state index contributed by atoms with van der Waals surface area (Å²) in [6.07, 6.45) is 7.47. The first kappa shape index (κ1) is 18.1. The fraction of sp³-hybridized carbons (Fsp3) is 0.500. The Morgan fingerprint density at radius 3 is 2.83 bits per heavy atom. The van der Waals surface area contributed by atoms with Gasteiger partial charge < -0.3 is 14.6 Å². The first-order chi connectivity index (χ1) is 11.5. The van der Waals surface area contributed by atoms with Crippen LogP contribution in [0, 0.1) is 6.92 Å². The molecule has 1 atom stereocenters. The number of anilines is 1. The number of amides is 1. The molecule has 130 valence electrons. The smallest absolute Gasteiger partial charge is 0.350 e. The van der Waals surface area contributed by atoms with Gasteiger partial charge in [0.25, 0.3) is 0 Å². The number of hydrogen-bond donors (Lipinski definition) is 1. The second-order valence-electron chi connectivity index (χ2n) is 5.36. The van der Waals surface area contributed by atoms with E-state index in [-0.39, 0.29) is 11.9 Å². The van der Waals surface area contributed by atoms with Crippen molar-refractivity contribution in [3.8, 4) is 0 Å². The number of aromatic nitrogens is 3. The van der Waals surface area contributed by atoms with E-state index >= 15 is 0 Å². The Labute approximate surface area is 145 Å². The Kier molecular flexibility index (Phi) is 6.48. The summed E-state index contributed by atoms with van der Waals surface area (Å²) in [5, 5.41) is 3.20. The first-order valence-corrected chi connectivity index (χ1v) is 8.78. The second-order valence-corrected chi connectivity index (χ2v) is 6.36. The third-order valence-corrected chi connectivity index (χ3v) is 4.55. The van der Waals surface area contributed by atoms with Crippen LogP contribution in [-0.4, -0.2) is 33.0 Å². The predicted octanol–water partition coefficient (Wildman–Crippen LogP) is 3.19. The fourth-order valence-electron chi connectivity index (χ4n) is 2.40. The highest BCUT2D eigenvalue weighted by molar-refractivity contribution is 7.17. The quantitative estimate of drug-likeness (QED) is 0.739. The summed E-state index contributed by atoms with van der Waals surface area (Å²) in [5.74, 6) is -0.540. The van der Waals surface area contributed by atoms with Gasteiger partial charge in [-0.2, -0.15) is 0 Å². The fourth-order valence-corrected chi connectivity index (χ4v) is 3.27. The average molecular weight is 350 g/mol. The second kappa shape index (κ2) is 8.58. The highest BCUT2D eigenvalue weighted by Gasteiger charge is 2.19. The van der Waals surface area contributed by atoms with Crippen LogP contribution in [-0.2, 0) is 9.53 Å². The maximum absolute atomic E-state index is 12.3. The topological polar surface area (TPSA) is 86.1 Å². The van der Waals surface area contributed by atoms with Crippen LogP contribution in [0.4, 0.5) is 5.13 Å². The van der Waals surface area contributed by atoms with Crippen molar-refractivity contribution in [1.29, 1.82) is 0 Å². The molecule has 1 amide bonds. The Morgan fingerprint density at radius 2 is 2.21 bits per heavy atom. The third kappa shape index (κ3) is 4.64. The lowest BCUT2D eigenvalue weighted by atomic mass is 10.1. The Balaban J connectivity index is 2.01. The van der Waals surface area contributed by atoms with Crippen molar-refractivity contribution in [2.75, 3.05) is 11.9 Å². The molecule has 0 radical (unpaired) electrons. The SMILES string of the molecule is CCC[C@@H](CC(=O)Nc1nc(C)c(C(=O)OCC)s1)n1ccnc1. The molecule has 0 aliphatic heterocycles. The summed E-state index contributed by atoms with van der Waals surface area (Å²) in [4.78, 5) is 32.8. The minimum atomic E-state index is -0.407. The molecule has 0 aliphatic rings. The summed E-state index contributed by atoms with van der Waals surface area (Å²) in [5.41, 5.74) is 0.563. The van der Waals surface area contributed by atoms with Crippen LogP contribution in [0.15, 0.2) is 18.7 Å². The van der Waals surface area contributed by atoms with Crippen LogP contribution < -0.4 is 5.32 Å². The van der Waals surface area contributed by atoms with E-state index in [1.807, 2.05) is 10.8 Å². The number of carbonyl (C=O) groups is 2. The van der Waals surface area contributed by atoms with Gasteiger partial charge in [0.15, 0.2) is 5.13 Å². The van der Waals surface area contributed by atoms with Gasteiger partial charge in [-0.25, -0.2) is 14.8 Å². The number of carbonyl (C=O) groups excluding carboxylic acids is 2.